The molecule has 0 bridgehead atoms. The Morgan fingerprint density at radius 2 is 1.26 bits per heavy atom. The van der Waals surface area contributed by atoms with Crippen LogP contribution in [0.1, 0.15) is 11.1 Å². The van der Waals surface area contributed by atoms with Gasteiger partial charge in [-0.3, -0.25) is 14.9 Å². The fourth-order valence-electron chi connectivity index (χ4n) is 3.11. The monoisotopic (exact) mass is 487 g/mol. The Labute approximate surface area is 207 Å². The molecule has 0 radical (unpaired) electrons. The summed E-state index contributed by atoms with van der Waals surface area (Å²) in [5.41, 5.74) is 4.50. The van der Waals surface area contributed by atoms with Crippen molar-refractivity contribution < 1.29 is 19.1 Å². The number of thiazole rings is 1. The predicted molar refractivity (Wildman–Crippen MR) is 138 cm³/mol. The van der Waals surface area contributed by atoms with Gasteiger partial charge in [0.25, 0.3) is 11.8 Å². The molecule has 1 aromatic heterocycles. The van der Waals surface area contributed by atoms with Crippen molar-refractivity contribution >= 4 is 34.0 Å². The van der Waals surface area contributed by atoms with Crippen LogP contribution in [0.3, 0.4) is 0 Å². The van der Waals surface area contributed by atoms with E-state index >= 15 is 0 Å². The van der Waals surface area contributed by atoms with Gasteiger partial charge in [0.15, 0.2) is 18.3 Å². The minimum absolute atomic E-state index is 0.0758. The third-order valence-electron chi connectivity index (χ3n) is 5.00. The highest BCUT2D eigenvalue weighted by Crippen LogP contribution is 2.26. The van der Waals surface area contributed by atoms with Crippen molar-refractivity contribution in [1.82, 2.24) is 4.98 Å². The first kappa shape index (κ1) is 24.0. The molecule has 0 spiro atoms. The quantitative estimate of drug-likeness (QED) is 0.327. The number of nitrogens with one attached hydrogen (secondary N) is 2. The van der Waals surface area contributed by atoms with Gasteiger partial charge in [0.05, 0.1) is 5.69 Å². The standard InChI is InChI=1S/C27H25N3O4S/c1-18-3-11-22(12-4-18)33-15-25(31)28-21-9-7-20(8-10-21)24-17-35-27(29-24)30-26(32)16-34-23-13-5-19(2)6-14-23/h3-14,17H,15-16H2,1-2H3,(H,28,31)(H,29,30,32). The van der Waals surface area contributed by atoms with Crippen LogP contribution in [0, 0.1) is 13.8 Å². The number of aryl methyl sites for hydroxylation is 2. The fourth-order valence-corrected chi connectivity index (χ4v) is 3.84. The van der Waals surface area contributed by atoms with E-state index in [2.05, 4.69) is 15.6 Å². The van der Waals surface area contributed by atoms with Crippen LogP contribution in [0.2, 0.25) is 0 Å². The molecule has 3 aromatic carbocycles. The van der Waals surface area contributed by atoms with E-state index in [1.165, 1.54) is 11.3 Å². The van der Waals surface area contributed by atoms with E-state index in [0.717, 1.165) is 22.4 Å². The SMILES string of the molecule is Cc1ccc(OCC(=O)Nc2ccc(-c3csc(NC(=O)COc4ccc(C)cc4)n3)cc2)cc1. The minimum atomic E-state index is -0.280. The molecule has 0 saturated heterocycles. The van der Waals surface area contributed by atoms with Crippen LogP contribution in [-0.4, -0.2) is 30.0 Å². The van der Waals surface area contributed by atoms with E-state index < -0.39 is 0 Å². The Hall–Kier alpha value is -4.17. The number of benzene rings is 3. The van der Waals surface area contributed by atoms with Crippen molar-refractivity contribution in [2.45, 2.75) is 13.8 Å². The lowest BCUT2D eigenvalue weighted by Gasteiger charge is -2.08. The average Bonchev–Trinajstić information content (AvgIpc) is 3.32. The van der Waals surface area contributed by atoms with Crippen molar-refractivity contribution in [1.29, 1.82) is 0 Å². The maximum absolute atomic E-state index is 12.2. The topological polar surface area (TPSA) is 89.6 Å². The molecule has 8 heteroatoms. The summed E-state index contributed by atoms with van der Waals surface area (Å²) in [6.07, 6.45) is 0. The number of nitrogens with zero attached hydrogens (tertiary/aromatic N) is 1. The molecule has 0 atom stereocenters. The number of rotatable bonds is 9. The van der Waals surface area contributed by atoms with Crippen molar-refractivity contribution in [2.24, 2.45) is 0 Å². The summed E-state index contributed by atoms with van der Waals surface area (Å²) in [5.74, 6) is 0.760. The molecule has 1 heterocycles. The first-order valence-electron chi connectivity index (χ1n) is 11.0. The normalized spacial score (nSPS) is 10.5. The highest BCUT2D eigenvalue weighted by atomic mass is 32.1. The molecule has 0 aliphatic rings. The molecule has 0 fully saturated rings. The van der Waals surface area contributed by atoms with Crippen LogP contribution in [0.25, 0.3) is 11.3 Å². The van der Waals surface area contributed by atoms with Gasteiger partial charge < -0.3 is 14.8 Å². The van der Waals surface area contributed by atoms with Crippen LogP contribution in [-0.2, 0) is 9.59 Å². The van der Waals surface area contributed by atoms with Crippen LogP contribution in [0.15, 0.2) is 78.2 Å². The molecule has 7 nitrogen and oxygen atoms in total. The number of ether oxygens (including phenoxy) is 2. The first-order chi connectivity index (χ1) is 16.9. The molecule has 4 rings (SSSR count). The zero-order chi connectivity index (χ0) is 24.6. The van der Waals surface area contributed by atoms with Crippen LogP contribution in [0.4, 0.5) is 10.8 Å². The number of anilines is 2. The smallest absolute Gasteiger partial charge is 0.264 e. The van der Waals surface area contributed by atoms with E-state index in [0.29, 0.717) is 22.3 Å². The van der Waals surface area contributed by atoms with Gasteiger partial charge in [0, 0.05) is 16.6 Å². The van der Waals surface area contributed by atoms with E-state index in [1.54, 1.807) is 12.1 Å². The predicted octanol–water partition coefficient (Wildman–Crippen LogP) is 5.46. The summed E-state index contributed by atoms with van der Waals surface area (Å²) >= 11 is 1.33. The number of carbonyl (C=O) groups excluding carboxylic acids is 2. The number of carbonyl (C=O) groups is 2. The largest absolute Gasteiger partial charge is 0.484 e. The van der Waals surface area contributed by atoms with Crippen LogP contribution in [0.5, 0.6) is 11.5 Å². The average molecular weight is 488 g/mol. The van der Waals surface area contributed by atoms with Gasteiger partial charge in [-0.05, 0) is 50.2 Å². The summed E-state index contributed by atoms with van der Waals surface area (Å²) < 4.78 is 11.0. The molecule has 2 N–H and O–H groups in total. The van der Waals surface area contributed by atoms with E-state index in [1.807, 2.05) is 79.9 Å². The Kier molecular flexibility index (Phi) is 7.74. The zero-order valence-corrected chi connectivity index (χ0v) is 20.2. The van der Waals surface area contributed by atoms with Crippen molar-refractivity contribution in [2.75, 3.05) is 23.8 Å². The van der Waals surface area contributed by atoms with Gasteiger partial charge in [0.2, 0.25) is 0 Å². The van der Waals surface area contributed by atoms with E-state index in [9.17, 15) is 9.59 Å². The summed E-state index contributed by atoms with van der Waals surface area (Å²) in [7, 11) is 0. The molecular weight excluding hydrogens is 462 g/mol. The summed E-state index contributed by atoms with van der Waals surface area (Å²) in [5, 5.41) is 7.92. The second-order valence-corrected chi connectivity index (χ2v) is 8.77. The molecule has 0 aliphatic heterocycles. The van der Waals surface area contributed by atoms with Crippen molar-refractivity contribution in [3.63, 3.8) is 0 Å². The molecule has 4 aromatic rings. The summed E-state index contributed by atoms with van der Waals surface area (Å²) in [6.45, 7) is 3.81. The Bertz CT molecular complexity index is 1280. The number of hydrogen-bond acceptors (Lipinski definition) is 6. The zero-order valence-electron chi connectivity index (χ0n) is 19.4. The Balaban J connectivity index is 1.25. The third kappa shape index (κ3) is 7.15. The second-order valence-electron chi connectivity index (χ2n) is 7.92. The van der Waals surface area contributed by atoms with Crippen molar-refractivity contribution in [3.8, 4) is 22.8 Å². The number of aromatic nitrogens is 1. The van der Waals surface area contributed by atoms with Gasteiger partial charge in [-0.25, -0.2) is 4.98 Å². The van der Waals surface area contributed by atoms with Crippen LogP contribution < -0.4 is 20.1 Å². The summed E-state index contributed by atoms with van der Waals surface area (Å²) in [4.78, 5) is 28.8. The van der Waals surface area contributed by atoms with Gasteiger partial charge in [0.1, 0.15) is 11.5 Å². The van der Waals surface area contributed by atoms with Crippen molar-refractivity contribution in [3.05, 3.63) is 89.3 Å². The Morgan fingerprint density at radius 3 is 1.80 bits per heavy atom. The Morgan fingerprint density at radius 1 is 0.743 bits per heavy atom. The minimum Gasteiger partial charge on any atom is -0.484 e. The van der Waals surface area contributed by atoms with Gasteiger partial charge >= 0.3 is 0 Å². The van der Waals surface area contributed by atoms with Gasteiger partial charge in [-0.1, -0.05) is 47.5 Å². The van der Waals surface area contributed by atoms with Gasteiger partial charge in [-0.2, -0.15) is 0 Å². The first-order valence-corrected chi connectivity index (χ1v) is 11.9. The summed E-state index contributed by atoms with van der Waals surface area (Å²) in [6, 6.07) is 22.3. The molecule has 178 valence electrons. The maximum atomic E-state index is 12.2. The lowest BCUT2D eigenvalue weighted by molar-refractivity contribution is -0.118. The highest BCUT2D eigenvalue weighted by molar-refractivity contribution is 7.14. The molecule has 0 saturated carbocycles. The molecule has 0 unspecified atom stereocenters. The van der Waals surface area contributed by atoms with Crippen LogP contribution >= 0.6 is 11.3 Å². The molecule has 35 heavy (non-hydrogen) atoms. The maximum Gasteiger partial charge on any atom is 0.264 e. The highest BCUT2D eigenvalue weighted by Gasteiger charge is 2.10. The molecule has 2 amide bonds. The van der Waals surface area contributed by atoms with Gasteiger partial charge in [-0.15, -0.1) is 11.3 Å². The number of amides is 2. The lowest BCUT2D eigenvalue weighted by Crippen LogP contribution is -2.20. The molecule has 0 aliphatic carbocycles. The fraction of sp³-hybridized carbons (Fsp3) is 0.148. The lowest BCUT2D eigenvalue weighted by atomic mass is 10.1. The third-order valence-corrected chi connectivity index (χ3v) is 5.75. The van der Waals surface area contributed by atoms with E-state index in [-0.39, 0.29) is 25.0 Å². The second kappa shape index (κ2) is 11.3. The van der Waals surface area contributed by atoms with E-state index in [4.69, 9.17) is 9.47 Å². The number of hydrogen-bond donors (Lipinski definition) is 2. The molecular formula is C27H25N3O4S.